The van der Waals surface area contributed by atoms with Gasteiger partial charge in [0.1, 0.15) is 5.25 Å². The number of aliphatic carboxylic acids is 1. The maximum absolute atomic E-state index is 10.7. The van der Waals surface area contributed by atoms with Crippen LogP contribution in [-0.4, -0.2) is 26.5 Å². The van der Waals surface area contributed by atoms with Crippen molar-refractivity contribution in [3.05, 3.63) is 41.8 Å². The van der Waals surface area contributed by atoms with E-state index in [0.29, 0.717) is 12.3 Å². The van der Waals surface area contributed by atoms with Crippen LogP contribution in [0.4, 0.5) is 0 Å². The highest BCUT2D eigenvalue weighted by atomic mass is 32.2. The fourth-order valence-corrected chi connectivity index (χ4v) is 1.96. The van der Waals surface area contributed by atoms with Crippen LogP contribution >= 0.6 is 11.8 Å². The van der Waals surface area contributed by atoms with Gasteiger partial charge in [-0.25, -0.2) is 0 Å². The van der Waals surface area contributed by atoms with Crippen LogP contribution in [0.5, 0.6) is 0 Å². The van der Waals surface area contributed by atoms with Crippen LogP contribution < -0.4 is 0 Å². The average Bonchev–Trinajstić information content (AvgIpc) is 2.77. The minimum absolute atomic E-state index is 0.288. The fourth-order valence-electron chi connectivity index (χ4n) is 1.33. The number of hydrogen-bond donors (Lipinski definition) is 1. The van der Waals surface area contributed by atoms with E-state index in [0.717, 1.165) is 17.3 Å². The molecule has 0 bridgehead atoms. The third-order valence-corrected chi connectivity index (χ3v) is 3.19. The summed E-state index contributed by atoms with van der Waals surface area (Å²) in [5.41, 5.74) is 1.07. The zero-order valence-corrected chi connectivity index (χ0v) is 10.6. The van der Waals surface area contributed by atoms with Crippen molar-refractivity contribution < 1.29 is 14.3 Å². The van der Waals surface area contributed by atoms with E-state index in [4.69, 9.17) is 9.52 Å². The lowest BCUT2D eigenvalue weighted by Gasteiger charge is -1.99. The second kappa shape index (κ2) is 5.68. The maximum Gasteiger partial charge on any atom is 0.316 e. The predicted molar refractivity (Wildman–Crippen MR) is 66.5 cm³/mol. The first-order valence-electron chi connectivity index (χ1n) is 5.41. The highest BCUT2D eigenvalue weighted by molar-refractivity contribution is 8.00. The quantitative estimate of drug-likeness (QED) is 0.834. The molecule has 5 nitrogen and oxygen atoms in total. The molecule has 0 fully saturated rings. The lowest BCUT2D eigenvalue weighted by Crippen LogP contribution is -2.10. The van der Waals surface area contributed by atoms with Gasteiger partial charge in [0, 0.05) is 0 Å². The number of carboxylic acids is 1. The molecular formula is C12H12N2O3S. The molecule has 1 N–H and O–H groups in total. The highest BCUT2D eigenvalue weighted by Crippen LogP contribution is 2.22. The lowest BCUT2D eigenvalue weighted by atomic mass is 10.2. The number of thioether (sulfide) groups is 1. The van der Waals surface area contributed by atoms with E-state index in [-0.39, 0.29) is 5.22 Å². The maximum atomic E-state index is 10.7. The third kappa shape index (κ3) is 3.33. The average molecular weight is 264 g/mol. The van der Waals surface area contributed by atoms with Crippen molar-refractivity contribution >= 4 is 17.7 Å². The van der Waals surface area contributed by atoms with Gasteiger partial charge in [0.15, 0.2) is 0 Å². The molecule has 0 radical (unpaired) electrons. The Morgan fingerprint density at radius 3 is 2.78 bits per heavy atom. The van der Waals surface area contributed by atoms with Crippen molar-refractivity contribution in [1.82, 2.24) is 10.2 Å². The van der Waals surface area contributed by atoms with Crippen molar-refractivity contribution in [3.8, 4) is 0 Å². The van der Waals surface area contributed by atoms with Crippen molar-refractivity contribution in [2.45, 2.75) is 23.8 Å². The molecular weight excluding hydrogens is 252 g/mol. The second-order valence-corrected chi connectivity index (χ2v) is 5.01. The predicted octanol–water partition coefficient (Wildman–Crippen LogP) is 2.23. The van der Waals surface area contributed by atoms with E-state index in [9.17, 15) is 4.79 Å². The van der Waals surface area contributed by atoms with Crippen molar-refractivity contribution in [3.63, 3.8) is 0 Å². The monoisotopic (exact) mass is 264 g/mol. The molecule has 0 saturated heterocycles. The topological polar surface area (TPSA) is 76.2 Å². The van der Waals surface area contributed by atoms with E-state index in [1.807, 2.05) is 30.3 Å². The summed E-state index contributed by atoms with van der Waals surface area (Å²) in [5, 5.41) is 16.2. The van der Waals surface area contributed by atoms with Crippen molar-refractivity contribution in [2.75, 3.05) is 0 Å². The summed E-state index contributed by atoms with van der Waals surface area (Å²) in [4.78, 5) is 10.7. The molecule has 0 unspecified atom stereocenters. The lowest BCUT2D eigenvalue weighted by molar-refractivity contribution is -0.136. The van der Waals surface area contributed by atoms with E-state index in [1.165, 1.54) is 0 Å². The minimum Gasteiger partial charge on any atom is -0.480 e. The molecule has 0 aliphatic carbocycles. The zero-order valence-electron chi connectivity index (χ0n) is 9.74. The van der Waals surface area contributed by atoms with E-state index in [2.05, 4.69) is 10.2 Å². The molecule has 0 saturated carbocycles. The molecule has 0 spiro atoms. The van der Waals surface area contributed by atoms with Gasteiger partial charge in [-0.1, -0.05) is 42.1 Å². The Hall–Kier alpha value is -1.82. The van der Waals surface area contributed by atoms with Crippen LogP contribution in [0.15, 0.2) is 40.0 Å². The first kappa shape index (κ1) is 12.6. The van der Waals surface area contributed by atoms with Gasteiger partial charge in [0.25, 0.3) is 5.22 Å². The van der Waals surface area contributed by atoms with Gasteiger partial charge in [-0.15, -0.1) is 10.2 Å². The molecule has 1 heterocycles. The minimum atomic E-state index is -0.900. The Morgan fingerprint density at radius 1 is 1.39 bits per heavy atom. The number of nitrogens with zero attached hydrogens (tertiary/aromatic N) is 2. The van der Waals surface area contributed by atoms with Gasteiger partial charge in [0.05, 0.1) is 6.42 Å². The Labute approximate surface area is 108 Å². The van der Waals surface area contributed by atoms with Crippen LogP contribution in [0.2, 0.25) is 0 Å². The van der Waals surface area contributed by atoms with Gasteiger partial charge < -0.3 is 9.52 Å². The van der Waals surface area contributed by atoms with Gasteiger partial charge in [0.2, 0.25) is 5.89 Å². The number of rotatable bonds is 5. The van der Waals surface area contributed by atoms with Crippen LogP contribution in [-0.2, 0) is 11.2 Å². The van der Waals surface area contributed by atoms with Crippen molar-refractivity contribution in [1.29, 1.82) is 0 Å². The van der Waals surface area contributed by atoms with Gasteiger partial charge in [-0.2, -0.15) is 0 Å². The Morgan fingerprint density at radius 2 is 2.11 bits per heavy atom. The SMILES string of the molecule is C[C@H](Sc1nnc(Cc2ccccc2)o1)C(=O)O. The Kier molecular flexibility index (Phi) is 3.99. The summed E-state index contributed by atoms with van der Waals surface area (Å²) >= 11 is 1.04. The normalized spacial score (nSPS) is 12.3. The molecule has 1 atom stereocenters. The second-order valence-electron chi connectivity index (χ2n) is 3.72. The molecule has 94 valence electrons. The standard InChI is InChI=1S/C12H12N2O3S/c1-8(11(15)16)18-12-14-13-10(17-12)7-9-5-3-2-4-6-9/h2-6,8H,7H2,1H3,(H,15,16)/t8-/m0/s1. The van der Waals surface area contributed by atoms with Crippen LogP contribution in [0, 0.1) is 0 Å². The molecule has 6 heteroatoms. The first-order valence-corrected chi connectivity index (χ1v) is 6.29. The number of hydrogen-bond acceptors (Lipinski definition) is 5. The summed E-state index contributed by atoms with van der Waals surface area (Å²) in [5.74, 6) is -0.413. The summed E-state index contributed by atoms with van der Waals surface area (Å²) in [6.45, 7) is 1.58. The largest absolute Gasteiger partial charge is 0.480 e. The number of aromatic nitrogens is 2. The molecule has 2 rings (SSSR count). The first-order chi connectivity index (χ1) is 8.65. The van der Waals surface area contributed by atoms with E-state index >= 15 is 0 Å². The Balaban J connectivity index is 2.00. The molecule has 18 heavy (non-hydrogen) atoms. The molecule has 0 aliphatic heterocycles. The highest BCUT2D eigenvalue weighted by Gasteiger charge is 2.17. The summed E-state index contributed by atoms with van der Waals surface area (Å²) < 4.78 is 5.39. The molecule has 1 aromatic carbocycles. The van der Waals surface area contributed by atoms with Gasteiger partial charge in [-0.05, 0) is 12.5 Å². The smallest absolute Gasteiger partial charge is 0.316 e. The third-order valence-electron chi connectivity index (χ3n) is 2.27. The van der Waals surface area contributed by atoms with Crippen LogP contribution in [0.1, 0.15) is 18.4 Å². The number of carboxylic acid groups (broad SMARTS) is 1. The van der Waals surface area contributed by atoms with Crippen LogP contribution in [0.3, 0.4) is 0 Å². The summed E-state index contributed by atoms with van der Waals surface area (Å²) in [7, 11) is 0. The van der Waals surface area contributed by atoms with Gasteiger partial charge >= 0.3 is 5.97 Å². The molecule has 0 aliphatic rings. The van der Waals surface area contributed by atoms with E-state index < -0.39 is 11.2 Å². The molecule has 2 aromatic rings. The van der Waals surface area contributed by atoms with Crippen molar-refractivity contribution in [2.24, 2.45) is 0 Å². The fraction of sp³-hybridized carbons (Fsp3) is 0.250. The van der Waals surface area contributed by atoms with Gasteiger partial charge in [-0.3, -0.25) is 4.79 Å². The zero-order chi connectivity index (χ0) is 13.0. The van der Waals surface area contributed by atoms with Crippen LogP contribution in [0.25, 0.3) is 0 Å². The summed E-state index contributed by atoms with van der Waals surface area (Å²) in [6.07, 6.45) is 0.551. The number of carbonyl (C=O) groups is 1. The molecule has 0 amide bonds. The number of benzene rings is 1. The van der Waals surface area contributed by atoms with E-state index in [1.54, 1.807) is 6.92 Å². The molecule has 1 aromatic heterocycles. The summed E-state index contributed by atoms with van der Waals surface area (Å²) in [6, 6.07) is 9.75. The Bertz CT molecular complexity index is 527.